The number of hydrogen-bond acceptors (Lipinski definition) is 1. The molecule has 2 heteroatoms. The molecule has 1 saturated carbocycles. The van der Waals surface area contributed by atoms with Crippen LogP contribution in [0.3, 0.4) is 0 Å². The third-order valence-corrected chi connectivity index (χ3v) is 4.76. The van der Waals surface area contributed by atoms with E-state index in [9.17, 15) is 0 Å². The molecular formula is C18H27IO. The molecule has 1 atom stereocenters. The Kier molecular flexibility index (Phi) is 7.36. The molecule has 0 heterocycles. The van der Waals surface area contributed by atoms with Crippen LogP contribution in [0.4, 0.5) is 0 Å². The number of hydrogen-bond donors (Lipinski definition) is 0. The summed E-state index contributed by atoms with van der Waals surface area (Å²) in [6.07, 6.45) is 11.0. The van der Waals surface area contributed by atoms with E-state index in [1.54, 1.807) is 0 Å². The predicted molar refractivity (Wildman–Crippen MR) is 94.8 cm³/mol. The van der Waals surface area contributed by atoms with Crippen LogP contribution in [0.1, 0.15) is 56.6 Å². The lowest BCUT2D eigenvalue weighted by atomic mass is 9.97. The molecule has 1 aromatic carbocycles. The summed E-state index contributed by atoms with van der Waals surface area (Å²) >= 11 is 2.43. The van der Waals surface area contributed by atoms with E-state index in [0.29, 0.717) is 12.2 Å². The van der Waals surface area contributed by atoms with Gasteiger partial charge in [-0.2, -0.15) is 0 Å². The van der Waals surface area contributed by atoms with Gasteiger partial charge in [0.15, 0.2) is 0 Å². The van der Waals surface area contributed by atoms with E-state index >= 15 is 0 Å². The van der Waals surface area contributed by atoms with Gasteiger partial charge in [0.1, 0.15) is 0 Å². The van der Waals surface area contributed by atoms with Crippen molar-refractivity contribution in [2.75, 3.05) is 4.43 Å². The molecule has 0 radical (unpaired) electrons. The minimum Gasteiger partial charge on any atom is -0.375 e. The molecule has 20 heavy (non-hydrogen) atoms. The number of halogens is 1. The van der Waals surface area contributed by atoms with Crippen molar-refractivity contribution >= 4 is 22.6 Å². The van der Waals surface area contributed by atoms with Crippen LogP contribution in [0.5, 0.6) is 0 Å². The summed E-state index contributed by atoms with van der Waals surface area (Å²) in [6.45, 7) is 2.24. The van der Waals surface area contributed by atoms with Crippen molar-refractivity contribution < 1.29 is 4.74 Å². The van der Waals surface area contributed by atoms with Crippen LogP contribution >= 0.6 is 22.6 Å². The van der Waals surface area contributed by atoms with Crippen LogP contribution in [0.25, 0.3) is 0 Å². The number of aryl methyl sites for hydroxylation is 2. The number of rotatable bonds is 7. The van der Waals surface area contributed by atoms with Gasteiger partial charge in [-0.25, -0.2) is 0 Å². The van der Waals surface area contributed by atoms with Crippen molar-refractivity contribution in [3.63, 3.8) is 0 Å². The Balaban J connectivity index is 1.70. The van der Waals surface area contributed by atoms with Crippen molar-refractivity contribution in [1.29, 1.82) is 0 Å². The van der Waals surface area contributed by atoms with Gasteiger partial charge in [-0.05, 0) is 50.2 Å². The van der Waals surface area contributed by atoms with Gasteiger partial charge in [0.25, 0.3) is 0 Å². The lowest BCUT2D eigenvalue weighted by Gasteiger charge is -2.25. The quantitative estimate of drug-likeness (QED) is 0.454. The normalized spacial score (nSPS) is 18.1. The molecule has 0 aliphatic heterocycles. The highest BCUT2D eigenvalue weighted by Crippen LogP contribution is 2.22. The van der Waals surface area contributed by atoms with E-state index in [-0.39, 0.29) is 0 Å². The molecule has 0 aromatic heterocycles. The molecule has 1 nitrogen and oxygen atoms in total. The zero-order valence-electron chi connectivity index (χ0n) is 12.6. The standard InChI is InChI=1S/C18H27IO/c1-15(20-18-5-3-2-4-6-18)7-8-16-9-11-17(12-10-16)13-14-19/h9-12,15,18H,2-8,13-14H2,1H3. The van der Waals surface area contributed by atoms with Gasteiger partial charge in [-0.3, -0.25) is 0 Å². The highest BCUT2D eigenvalue weighted by Gasteiger charge is 2.16. The molecule has 1 fully saturated rings. The molecular weight excluding hydrogens is 359 g/mol. The molecule has 0 spiro atoms. The number of ether oxygens (including phenoxy) is 1. The Morgan fingerprint density at radius 3 is 2.25 bits per heavy atom. The van der Waals surface area contributed by atoms with Crippen LogP contribution in [0.2, 0.25) is 0 Å². The third-order valence-electron chi connectivity index (χ3n) is 4.22. The summed E-state index contributed by atoms with van der Waals surface area (Å²) in [6, 6.07) is 9.13. The Hall–Kier alpha value is -0.0900. The molecule has 0 bridgehead atoms. The SMILES string of the molecule is CC(CCc1ccc(CCI)cc1)OC1CCCCC1. The molecule has 0 saturated heterocycles. The highest BCUT2D eigenvalue weighted by molar-refractivity contribution is 14.1. The van der Waals surface area contributed by atoms with Gasteiger partial charge in [0.05, 0.1) is 12.2 Å². The summed E-state index contributed by atoms with van der Waals surface area (Å²) in [4.78, 5) is 0. The predicted octanol–water partition coefficient (Wildman–Crippen LogP) is 5.33. The maximum Gasteiger partial charge on any atom is 0.0578 e. The smallest absolute Gasteiger partial charge is 0.0578 e. The van der Waals surface area contributed by atoms with Crippen LogP contribution in [0.15, 0.2) is 24.3 Å². The van der Waals surface area contributed by atoms with Gasteiger partial charge in [0, 0.05) is 4.43 Å². The third kappa shape index (κ3) is 5.72. The second-order valence-electron chi connectivity index (χ2n) is 6.00. The summed E-state index contributed by atoms with van der Waals surface area (Å²) in [7, 11) is 0. The van der Waals surface area contributed by atoms with E-state index in [2.05, 4.69) is 53.8 Å². The number of benzene rings is 1. The van der Waals surface area contributed by atoms with Crippen molar-refractivity contribution in [3.05, 3.63) is 35.4 Å². The Labute approximate surface area is 137 Å². The van der Waals surface area contributed by atoms with Gasteiger partial charge in [0.2, 0.25) is 0 Å². The van der Waals surface area contributed by atoms with Crippen LogP contribution in [0, 0.1) is 0 Å². The average Bonchev–Trinajstić information content (AvgIpc) is 2.48. The summed E-state index contributed by atoms with van der Waals surface area (Å²) in [5.41, 5.74) is 2.90. The first kappa shape index (κ1) is 16.3. The minimum absolute atomic E-state index is 0.395. The maximum absolute atomic E-state index is 6.17. The molecule has 1 unspecified atom stereocenters. The van der Waals surface area contributed by atoms with E-state index in [0.717, 1.165) is 12.8 Å². The van der Waals surface area contributed by atoms with E-state index in [4.69, 9.17) is 4.74 Å². The zero-order chi connectivity index (χ0) is 14.2. The molecule has 112 valence electrons. The second-order valence-corrected chi connectivity index (χ2v) is 7.08. The largest absolute Gasteiger partial charge is 0.375 e. The topological polar surface area (TPSA) is 9.23 Å². The zero-order valence-corrected chi connectivity index (χ0v) is 14.8. The van der Waals surface area contributed by atoms with Gasteiger partial charge in [-0.1, -0.05) is 66.1 Å². The molecule has 2 rings (SSSR count). The molecule has 1 aromatic rings. The second kappa shape index (κ2) is 9.04. The van der Waals surface area contributed by atoms with E-state index < -0.39 is 0 Å². The first-order valence-corrected chi connectivity index (χ1v) is 9.59. The van der Waals surface area contributed by atoms with Crippen molar-refractivity contribution in [1.82, 2.24) is 0 Å². The summed E-state index contributed by atoms with van der Waals surface area (Å²) < 4.78 is 7.37. The van der Waals surface area contributed by atoms with Crippen LogP contribution in [-0.2, 0) is 17.6 Å². The fourth-order valence-electron chi connectivity index (χ4n) is 2.95. The van der Waals surface area contributed by atoms with Crippen LogP contribution < -0.4 is 0 Å². The monoisotopic (exact) mass is 386 g/mol. The lowest BCUT2D eigenvalue weighted by Crippen LogP contribution is -2.22. The molecule has 0 amide bonds. The highest BCUT2D eigenvalue weighted by atomic mass is 127. The fraction of sp³-hybridized carbons (Fsp3) is 0.667. The van der Waals surface area contributed by atoms with Crippen molar-refractivity contribution in [2.45, 2.75) is 70.5 Å². The van der Waals surface area contributed by atoms with Crippen molar-refractivity contribution in [2.24, 2.45) is 0 Å². The molecule has 0 N–H and O–H groups in total. The van der Waals surface area contributed by atoms with Gasteiger partial charge in [-0.15, -0.1) is 0 Å². The fourth-order valence-corrected chi connectivity index (χ4v) is 3.57. The molecule has 1 aliphatic rings. The number of alkyl halides is 1. The van der Waals surface area contributed by atoms with Crippen molar-refractivity contribution in [3.8, 4) is 0 Å². The Bertz CT molecular complexity index is 368. The first-order valence-electron chi connectivity index (χ1n) is 8.07. The van der Waals surface area contributed by atoms with Gasteiger partial charge >= 0.3 is 0 Å². The van der Waals surface area contributed by atoms with Gasteiger partial charge < -0.3 is 4.74 Å². The molecule has 1 aliphatic carbocycles. The van der Waals surface area contributed by atoms with E-state index in [1.807, 2.05) is 0 Å². The summed E-state index contributed by atoms with van der Waals surface area (Å²) in [5.74, 6) is 0. The maximum atomic E-state index is 6.17. The van der Waals surface area contributed by atoms with E-state index in [1.165, 1.54) is 54.1 Å². The Morgan fingerprint density at radius 2 is 1.65 bits per heavy atom. The van der Waals surface area contributed by atoms with Crippen LogP contribution in [-0.4, -0.2) is 16.6 Å². The Morgan fingerprint density at radius 1 is 1.05 bits per heavy atom. The minimum atomic E-state index is 0.395. The first-order chi connectivity index (χ1) is 9.78. The average molecular weight is 386 g/mol. The summed E-state index contributed by atoms with van der Waals surface area (Å²) in [5, 5.41) is 0. The lowest BCUT2D eigenvalue weighted by molar-refractivity contribution is -0.0239.